The molecule has 0 aliphatic heterocycles. The fourth-order valence-corrected chi connectivity index (χ4v) is 1.58. The summed E-state index contributed by atoms with van der Waals surface area (Å²) < 4.78 is 0. The number of nitro groups is 1. The maximum atomic E-state index is 11.6. The van der Waals surface area contributed by atoms with Gasteiger partial charge in [0.2, 0.25) is 5.91 Å². The smallest absolute Gasteiger partial charge is 0.342 e. The summed E-state index contributed by atoms with van der Waals surface area (Å²) in [5, 5.41) is 30.5. The Kier molecular flexibility index (Phi) is 9.50. The van der Waals surface area contributed by atoms with E-state index in [1.807, 2.05) is 0 Å². The summed E-state index contributed by atoms with van der Waals surface area (Å²) in [5.41, 5.74) is 4.13. The zero-order valence-corrected chi connectivity index (χ0v) is 12.6. The largest absolute Gasteiger partial charge is 0.480 e. The summed E-state index contributed by atoms with van der Waals surface area (Å²) in [6, 6.07) is 1.91. The second-order valence-corrected chi connectivity index (χ2v) is 4.33. The third-order valence-electron chi connectivity index (χ3n) is 2.71. The number of nitrogens with zero attached hydrogens (tertiary/aromatic N) is 1. The van der Waals surface area contributed by atoms with Crippen molar-refractivity contribution in [2.45, 2.75) is 18.9 Å². The van der Waals surface area contributed by atoms with E-state index in [0.29, 0.717) is 0 Å². The maximum Gasteiger partial charge on any atom is 0.342 e. The number of rotatable bonds is 7. The van der Waals surface area contributed by atoms with Crippen LogP contribution in [0.5, 0.6) is 0 Å². The second-order valence-electron chi connectivity index (χ2n) is 4.33. The Morgan fingerprint density at radius 1 is 1.25 bits per heavy atom. The molecule has 12 heteroatoms. The molecule has 1 atom stereocenters. The molecule has 0 fully saturated rings. The van der Waals surface area contributed by atoms with Crippen molar-refractivity contribution in [2.24, 2.45) is 5.73 Å². The molecule has 0 aliphatic rings. The second kappa shape index (κ2) is 9.83. The highest BCUT2D eigenvalue weighted by molar-refractivity contribution is 5.96. The van der Waals surface area contributed by atoms with E-state index in [2.05, 4.69) is 5.32 Å². The fourth-order valence-electron chi connectivity index (χ4n) is 1.58. The molecule has 0 aromatic heterocycles. The Balaban J connectivity index is 0. The third kappa shape index (κ3) is 6.35. The van der Waals surface area contributed by atoms with Gasteiger partial charge in [-0.15, -0.1) is 0 Å². The molecule has 0 radical (unpaired) electrons. The van der Waals surface area contributed by atoms with Crippen LogP contribution in [0, 0.1) is 10.1 Å². The molecule has 134 valence electrons. The molecule has 1 rings (SSSR count). The molecule has 11 N–H and O–H groups in total. The van der Waals surface area contributed by atoms with Gasteiger partial charge in [0.1, 0.15) is 11.6 Å². The molecule has 12 nitrogen and oxygen atoms in total. The number of hydrogen-bond acceptors (Lipinski definition) is 8. The lowest BCUT2D eigenvalue weighted by Gasteiger charge is -2.08. The van der Waals surface area contributed by atoms with Crippen molar-refractivity contribution in [1.29, 1.82) is 0 Å². The van der Waals surface area contributed by atoms with Crippen LogP contribution in [0.1, 0.15) is 23.2 Å². The first-order valence-corrected chi connectivity index (χ1v) is 6.02. The first-order valence-electron chi connectivity index (χ1n) is 6.02. The van der Waals surface area contributed by atoms with Gasteiger partial charge in [-0.25, -0.2) is 4.79 Å². The van der Waals surface area contributed by atoms with Crippen molar-refractivity contribution in [3.05, 3.63) is 33.9 Å². The number of aromatic carboxylic acids is 1. The quantitative estimate of drug-likeness (QED) is 0.299. The number of carboxylic acid groups (broad SMARTS) is 2. The van der Waals surface area contributed by atoms with Crippen molar-refractivity contribution >= 4 is 29.2 Å². The van der Waals surface area contributed by atoms with Crippen molar-refractivity contribution < 1.29 is 29.5 Å². The Morgan fingerprint density at radius 2 is 1.83 bits per heavy atom. The zero-order valence-electron chi connectivity index (χ0n) is 12.6. The van der Waals surface area contributed by atoms with Gasteiger partial charge in [0.15, 0.2) is 0 Å². The van der Waals surface area contributed by atoms with Gasteiger partial charge < -0.3 is 33.6 Å². The van der Waals surface area contributed by atoms with Gasteiger partial charge in [0.25, 0.3) is 5.69 Å². The average molecular weight is 345 g/mol. The summed E-state index contributed by atoms with van der Waals surface area (Å²) >= 11 is 0. The van der Waals surface area contributed by atoms with E-state index in [1.54, 1.807) is 0 Å². The highest BCUT2D eigenvalue weighted by Gasteiger charge is 2.20. The van der Waals surface area contributed by atoms with Crippen LogP contribution in [0.25, 0.3) is 0 Å². The number of hydrogen-bond donors (Lipinski definition) is 6. The normalized spacial score (nSPS) is 10.5. The van der Waals surface area contributed by atoms with Crippen LogP contribution >= 0.6 is 0 Å². The molecule has 0 saturated carbocycles. The van der Waals surface area contributed by atoms with Gasteiger partial charge in [-0.3, -0.25) is 19.7 Å². The lowest BCUT2D eigenvalue weighted by Crippen LogP contribution is -2.31. The number of aliphatic carboxylic acids is 1. The van der Waals surface area contributed by atoms with Crippen LogP contribution in [0.3, 0.4) is 0 Å². The lowest BCUT2D eigenvalue weighted by atomic mass is 10.1. The first-order chi connectivity index (χ1) is 10.2. The van der Waals surface area contributed by atoms with E-state index in [-0.39, 0.29) is 30.8 Å². The van der Waals surface area contributed by atoms with Crippen LogP contribution in [0.4, 0.5) is 11.4 Å². The number of nitrogens with two attached hydrogens (primary N) is 1. The summed E-state index contributed by atoms with van der Waals surface area (Å²) in [6.07, 6.45) is -0.285. The third-order valence-corrected chi connectivity index (χ3v) is 2.71. The monoisotopic (exact) mass is 345 g/mol. The molecular formula is C12H19N5O7. The van der Waals surface area contributed by atoms with Gasteiger partial charge >= 0.3 is 11.9 Å². The zero-order chi connectivity index (χ0) is 16.9. The van der Waals surface area contributed by atoms with E-state index in [0.717, 1.165) is 12.1 Å². The SMILES string of the molecule is N.N.N[C@@H](CCC(=O)Nc1ccc([N+](=O)[O-])c(C(=O)O)c1)C(=O)O. The predicted octanol–water partition coefficient (Wildman–Crippen LogP) is 0.748. The Morgan fingerprint density at radius 3 is 2.29 bits per heavy atom. The molecule has 1 amide bonds. The Labute approximate surface area is 136 Å². The molecule has 0 unspecified atom stereocenters. The number of carboxylic acids is 2. The van der Waals surface area contributed by atoms with Crippen LogP contribution < -0.4 is 23.4 Å². The number of anilines is 1. The molecule has 0 spiro atoms. The molecule has 0 saturated heterocycles. The molecule has 0 aliphatic carbocycles. The van der Waals surface area contributed by atoms with E-state index in [9.17, 15) is 24.5 Å². The average Bonchev–Trinajstić information content (AvgIpc) is 2.44. The number of nitrogens with one attached hydrogen (secondary N) is 1. The van der Waals surface area contributed by atoms with Crippen LogP contribution in [0.15, 0.2) is 18.2 Å². The molecule has 1 aromatic carbocycles. The molecule has 0 bridgehead atoms. The number of amides is 1. The van der Waals surface area contributed by atoms with Gasteiger partial charge in [-0.2, -0.15) is 0 Å². The standard InChI is InChI=1S/C12H13N3O7.2H3N/c13-8(12(19)20)2-4-10(16)14-6-1-3-9(15(21)22)7(5-6)11(17)18;;/h1,3,5,8H,2,4,13H2,(H,14,16)(H,17,18)(H,19,20);2*1H3/t8-;;/m0../s1. The van der Waals surface area contributed by atoms with E-state index >= 15 is 0 Å². The van der Waals surface area contributed by atoms with Crippen LogP contribution in [-0.2, 0) is 9.59 Å². The van der Waals surface area contributed by atoms with Crippen LogP contribution in [-0.4, -0.2) is 39.0 Å². The van der Waals surface area contributed by atoms with E-state index in [1.165, 1.54) is 6.07 Å². The summed E-state index contributed by atoms with van der Waals surface area (Å²) in [5.74, 6) is -3.33. The summed E-state index contributed by atoms with van der Waals surface area (Å²) in [6.45, 7) is 0. The Bertz CT molecular complexity index is 634. The first kappa shape index (κ1) is 23.2. The lowest BCUT2D eigenvalue weighted by molar-refractivity contribution is -0.385. The number of nitro benzene ring substituents is 1. The van der Waals surface area contributed by atoms with Gasteiger partial charge in [-0.05, 0) is 18.6 Å². The Hall–Kier alpha value is -3.09. The van der Waals surface area contributed by atoms with Gasteiger partial charge in [0.05, 0.1) is 4.92 Å². The maximum absolute atomic E-state index is 11.6. The highest BCUT2D eigenvalue weighted by Crippen LogP contribution is 2.22. The number of carbonyl (C=O) groups excluding carboxylic acids is 1. The van der Waals surface area contributed by atoms with Crippen molar-refractivity contribution in [2.75, 3.05) is 5.32 Å². The fraction of sp³-hybridized carbons (Fsp3) is 0.250. The minimum absolute atomic E-state index is 0. The molecule has 0 heterocycles. The minimum atomic E-state index is -1.50. The summed E-state index contributed by atoms with van der Waals surface area (Å²) in [7, 11) is 0. The molecule has 24 heavy (non-hydrogen) atoms. The van der Waals surface area contributed by atoms with E-state index in [4.69, 9.17) is 15.9 Å². The van der Waals surface area contributed by atoms with Gasteiger partial charge in [0, 0.05) is 18.2 Å². The summed E-state index contributed by atoms with van der Waals surface area (Å²) in [4.78, 5) is 42.9. The van der Waals surface area contributed by atoms with Crippen LogP contribution in [0.2, 0.25) is 0 Å². The number of benzene rings is 1. The minimum Gasteiger partial charge on any atom is -0.480 e. The van der Waals surface area contributed by atoms with Crippen molar-refractivity contribution in [3.63, 3.8) is 0 Å². The van der Waals surface area contributed by atoms with Crippen molar-refractivity contribution in [1.82, 2.24) is 12.3 Å². The topological polar surface area (TPSA) is 243 Å². The predicted molar refractivity (Wildman–Crippen MR) is 83.6 cm³/mol. The molecular weight excluding hydrogens is 326 g/mol. The van der Waals surface area contributed by atoms with Crippen molar-refractivity contribution in [3.8, 4) is 0 Å². The van der Waals surface area contributed by atoms with Gasteiger partial charge in [-0.1, -0.05) is 0 Å². The van der Waals surface area contributed by atoms with E-state index < -0.39 is 40.1 Å². The highest BCUT2D eigenvalue weighted by atomic mass is 16.6. The number of carbonyl (C=O) groups is 3. The molecule has 1 aromatic rings.